The summed E-state index contributed by atoms with van der Waals surface area (Å²) in [6, 6.07) is 5.59. The molecule has 2 aromatic rings. The second-order valence-electron chi connectivity index (χ2n) is 4.05. The minimum absolute atomic E-state index is 0.172. The van der Waals surface area contributed by atoms with Crippen LogP contribution < -0.4 is 14.8 Å². The Morgan fingerprint density at radius 2 is 2.05 bits per heavy atom. The van der Waals surface area contributed by atoms with Crippen molar-refractivity contribution in [3.8, 4) is 11.8 Å². The molecule has 0 fully saturated rings. The van der Waals surface area contributed by atoms with E-state index in [-0.39, 0.29) is 6.04 Å². The molecule has 6 nitrogen and oxygen atoms in total. The van der Waals surface area contributed by atoms with E-state index >= 15 is 0 Å². The number of methoxy groups -OCH3 is 2. The lowest BCUT2D eigenvalue weighted by Gasteiger charge is -2.18. The summed E-state index contributed by atoms with van der Waals surface area (Å²) in [6.07, 6.45) is 3.33. The van der Waals surface area contributed by atoms with Crippen molar-refractivity contribution in [2.45, 2.75) is 13.0 Å². The number of ether oxygens (including phenoxy) is 2. The van der Waals surface area contributed by atoms with Crippen LogP contribution >= 0.6 is 0 Å². The molecule has 2 heterocycles. The minimum atomic E-state index is -0.172. The van der Waals surface area contributed by atoms with E-state index in [1.165, 1.54) is 0 Å². The van der Waals surface area contributed by atoms with Gasteiger partial charge in [-0.3, -0.25) is 4.98 Å². The number of hydrogen-bond acceptors (Lipinski definition) is 6. The average molecular weight is 274 g/mol. The molecule has 0 aliphatic heterocycles. The highest BCUT2D eigenvalue weighted by molar-refractivity contribution is 5.31. The second kappa shape index (κ2) is 6.81. The van der Waals surface area contributed by atoms with Crippen molar-refractivity contribution >= 4 is 0 Å². The lowest BCUT2D eigenvalue weighted by Crippen LogP contribution is -2.24. The molecule has 6 heteroatoms. The molecule has 0 saturated carbocycles. The van der Waals surface area contributed by atoms with Crippen LogP contribution in [0.1, 0.15) is 24.4 Å². The first-order chi connectivity index (χ1) is 9.80. The Hall–Kier alpha value is -2.21. The molecular formula is C14H18N4O2. The topological polar surface area (TPSA) is 69.2 Å². The summed E-state index contributed by atoms with van der Waals surface area (Å²) < 4.78 is 10.4. The Labute approximate surface area is 118 Å². The Morgan fingerprint density at radius 3 is 2.65 bits per heavy atom. The average Bonchev–Trinajstić information content (AvgIpc) is 2.53. The van der Waals surface area contributed by atoms with Crippen LogP contribution in [0, 0.1) is 0 Å². The molecule has 106 valence electrons. The van der Waals surface area contributed by atoms with E-state index in [0.717, 1.165) is 12.2 Å². The van der Waals surface area contributed by atoms with Gasteiger partial charge in [0, 0.05) is 6.20 Å². The van der Waals surface area contributed by atoms with Gasteiger partial charge in [-0.05, 0) is 18.7 Å². The van der Waals surface area contributed by atoms with Crippen molar-refractivity contribution in [3.05, 3.63) is 42.0 Å². The first kappa shape index (κ1) is 14.2. The molecule has 1 N–H and O–H groups in total. The van der Waals surface area contributed by atoms with E-state index in [0.29, 0.717) is 17.5 Å². The van der Waals surface area contributed by atoms with Gasteiger partial charge in [0.25, 0.3) is 0 Å². The van der Waals surface area contributed by atoms with Gasteiger partial charge >= 0.3 is 0 Å². The summed E-state index contributed by atoms with van der Waals surface area (Å²) in [5.41, 5.74) is 1.56. The summed E-state index contributed by atoms with van der Waals surface area (Å²) in [5, 5.41) is 3.34. The molecule has 0 bridgehead atoms. The molecule has 0 aliphatic carbocycles. The predicted molar refractivity (Wildman–Crippen MR) is 74.9 cm³/mol. The van der Waals surface area contributed by atoms with Crippen LogP contribution in [0.25, 0.3) is 0 Å². The largest absolute Gasteiger partial charge is 0.480 e. The summed E-state index contributed by atoms with van der Waals surface area (Å²) in [6.45, 7) is 2.80. The second-order valence-corrected chi connectivity index (χ2v) is 4.05. The molecule has 0 saturated heterocycles. The van der Waals surface area contributed by atoms with E-state index < -0.39 is 0 Å². The van der Waals surface area contributed by atoms with Gasteiger partial charge < -0.3 is 14.8 Å². The highest BCUT2D eigenvalue weighted by Crippen LogP contribution is 2.27. The fourth-order valence-electron chi connectivity index (χ4n) is 1.90. The highest BCUT2D eigenvalue weighted by atomic mass is 16.5. The van der Waals surface area contributed by atoms with Crippen molar-refractivity contribution in [1.82, 2.24) is 20.3 Å². The van der Waals surface area contributed by atoms with Crippen LogP contribution in [0.5, 0.6) is 11.8 Å². The van der Waals surface area contributed by atoms with E-state index in [2.05, 4.69) is 20.3 Å². The molecule has 2 rings (SSSR count). The smallest absolute Gasteiger partial charge is 0.240 e. The molecule has 20 heavy (non-hydrogen) atoms. The molecule has 0 aliphatic rings. The van der Waals surface area contributed by atoms with E-state index in [1.807, 2.05) is 25.1 Å². The van der Waals surface area contributed by atoms with Crippen molar-refractivity contribution < 1.29 is 9.47 Å². The third-order valence-electron chi connectivity index (χ3n) is 2.81. The van der Waals surface area contributed by atoms with Gasteiger partial charge in [0.05, 0.1) is 32.2 Å². The molecular weight excluding hydrogens is 256 g/mol. The number of rotatable bonds is 6. The third-order valence-corrected chi connectivity index (χ3v) is 2.81. The van der Waals surface area contributed by atoms with Crippen molar-refractivity contribution in [2.75, 3.05) is 20.8 Å². The molecule has 0 amide bonds. The third kappa shape index (κ3) is 3.03. The maximum atomic E-state index is 5.32. The lowest BCUT2D eigenvalue weighted by molar-refractivity contribution is 0.352. The predicted octanol–water partition coefficient (Wildman–Crippen LogP) is 1.59. The van der Waals surface area contributed by atoms with Gasteiger partial charge in [0.1, 0.15) is 5.69 Å². The van der Waals surface area contributed by atoms with Crippen molar-refractivity contribution in [1.29, 1.82) is 0 Å². The number of nitrogens with one attached hydrogen (secondary N) is 1. The molecule has 0 aromatic carbocycles. The standard InChI is InChI=1S/C14H18N4O2/c1-4-15-12(10-7-5-6-8-16-10)13-14(20-3)18-11(19-2)9-17-13/h5-9,12,15H,4H2,1-3H3. The molecule has 1 unspecified atom stereocenters. The Balaban J connectivity index is 2.44. The van der Waals surface area contributed by atoms with Crippen LogP contribution in [0.15, 0.2) is 30.6 Å². The van der Waals surface area contributed by atoms with Crippen LogP contribution in [0.2, 0.25) is 0 Å². The van der Waals surface area contributed by atoms with Gasteiger partial charge in [0.15, 0.2) is 0 Å². The SMILES string of the molecule is CCNC(c1ccccn1)c1ncc(OC)nc1OC. The molecule has 2 aromatic heterocycles. The van der Waals surface area contributed by atoms with Crippen molar-refractivity contribution in [3.63, 3.8) is 0 Å². The normalized spacial score (nSPS) is 11.9. The van der Waals surface area contributed by atoms with Gasteiger partial charge in [-0.2, -0.15) is 4.98 Å². The quantitative estimate of drug-likeness (QED) is 0.862. The summed E-state index contributed by atoms with van der Waals surface area (Å²) in [4.78, 5) is 13.0. The number of nitrogens with zero attached hydrogens (tertiary/aromatic N) is 3. The first-order valence-corrected chi connectivity index (χ1v) is 6.39. The van der Waals surface area contributed by atoms with Gasteiger partial charge in [-0.1, -0.05) is 13.0 Å². The molecule has 0 radical (unpaired) electrons. The lowest BCUT2D eigenvalue weighted by atomic mass is 10.1. The number of aromatic nitrogens is 3. The fourth-order valence-corrected chi connectivity index (χ4v) is 1.90. The fraction of sp³-hybridized carbons (Fsp3) is 0.357. The van der Waals surface area contributed by atoms with Crippen LogP contribution in [-0.4, -0.2) is 35.7 Å². The van der Waals surface area contributed by atoms with Gasteiger partial charge in [0.2, 0.25) is 11.8 Å². The van der Waals surface area contributed by atoms with Crippen LogP contribution in [0.3, 0.4) is 0 Å². The van der Waals surface area contributed by atoms with Crippen LogP contribution in [0.4, 0.5) is 0 Å². The summed E-state index contributed by atoms with van der Waals surface area (Å²) in [7, 11) is 3.11. The number of pyridine rings is 1. The highest BCUT2D eigenvalue weighted by Gasteiger charge is 2.21. The van der Waals surface area contributed by atoms with Gasteiger partial charge in [-0.15, -0.1) is 0 Å². The zero-order chi connectivity index (χ0) is 14.4. The van der Waals surface area contributed by atoms with Crippen molar-refractivity contribution in [2.24, 2.45) is 0 Å². The minimum Gasteiger partial charge on any atom is -0.480 e. The Kier molecular flexibility index (Phi) is 4.84. The summed E-state index contributed by atoms with van der Waals surface area (Å²) in [5.74, 6) is 0.850. The zero-order valence-corrected chi connectivity index (χ0v) is 11.8. The molecule has 0 spiro atoms. The Bertz CT molecular complexity index is 548. The van der Waals surface area contributed by atoms with Gasteiger partial charge in [-0.25, -0.2) is 4.98 Å². The van der Waals surface area contributed by atoms with E-state index in [9.17, 15) is 0 Å². The molecule has 1 atom stereocenters. The van der Waals surface area contributed by atoms with Crippen LogP contribution in [-0.2, 0) is 0 Å². The summed E-state index contributed by atoms with van der Waals surface area (Å²) >= 11 is 0. The maximum absolute atomic E-state index is 5.32. The zero-order valence-electron chi connectivity index (χ0n) is 11.8. The van der Waals surface area contributed by atoms with E-state index in [1.54, 1.807) is 26.6 Å². The van der Waals surface area contributed by atoms with E-state index in [4.69, 9.17) is 9.47 Å². The maximum Gasteiger partial charge on any atom is 0.240 e. The first-order valence-electron chi connectivity index (χ1n) is 6.39. The Morgan fingerprint density at radius 1 is 1.20 bits per heavy atom. The monoisotopic (exact) mass is 274 g/mol. The number of hydrogen-bond donors (Lipinski definition) is 1.